The Hall–Kier alpha value is -0.110. The van der Waals surface area contributed by atoms with E-state index >= 15 is 0 Å². The molecule has 0 aromatic carbocycles. The summed E-state index contributed by atoms with van der Waals surface area (Å²) in [6.07, 6.45) is 0.467. The highest BCUT2D eigenvalue weighted by atomic mass is 35.5. The van der Waals surface area contributed by atoms with Crippen molar-refractivity contribution in [3.8, 4) is 0 Å². The number of ether oxygens (including phenoxy) is 2. The van der Waals surface area contributed by atoms with Crippen LogP contribution >= 0.6 is 24.8 Å². The van der Waals surface area contributed by atoms with Crippen LogP contribution in [0.2, 0.25) is 0 Å². The third kappa shape index (κ3) is 6.72. The van der Waals surface area contributed by atoms with Gasteiger partial charge < -0.3 is 20.1 Å². The van der Waals surface area contributed by atoms with Crippen molar-refractivity contribution >= 4 is 30.7 Å². The first-order valence-corrected chi connectivity index (χ1v) is 7.88. The van der Waals surface area contributed by atoms with E-state index in [9.17, 15) is 4.79 Å². The lowest BCUT2D eigenvalue weighted by molar-refractivity contribution is -0.127. The van der Waals surface area contributed by atoms with Crippen molar-refractivity contribution in [3.05, 3.63) is 0 Å². The van der Waals surface area contributed by atoms with Crippen LogP contribution in [-0.2, 0) is 14.3 Å². The number of nitrogens with one attached hydrogen (secondary N) is 2. The molecule has 0 spiro atoms. The highest BCUT2D eigenvalue weighted by molar-refractivity contribution is 5.85. The van der Waals surface area contributed by atoms with E-state index in [0.717, 1.165) is 19.6 Å². The van der Waals surface area contributed by atoms with Gasteiger partial charge in [0, 0.05) is 31.7 Å². The van der Waals surface area contributed by atoms with Crippen LogP contribution in [0.15, 0.2) is 0 Å². The van der Waals surface area contributed by atoms with E-state index in [-0.39, 0.29) is 54.5 Å². The molecule has 8 heteroatoms. The van der Waals surface area contributed by atoms with Gasteiger partial charge in [0.05, 0.1) is 25.4 Å². The Labute approximate surface area is 151 Å². The van der Waals surface area contributed by atoms with Crippen LogP contribution in [0.4, 0.5) is 0 Å². The summed E-state index contributed by atoms with van der Waals surface area (Å²) in [7, 11) is 0. The summed E-state index contributed by atoms with van der Waals surface area (Å²) in [6.45, 7) is 12.8. The Morgan fingerprint density at radius 3 is 2.39 bits per heavy atom. The molecule has 2 N–H and O–H groups in total. The summed E-state index contributed by atoms with van der Waals surface area (Å²) in [5.41, 5.74) is -0.0858. The van der Waals surface area contributed by atoms with Gasteiger partial charge in [0.2, 0.25) is 5.91 Å². The lowest BCUT2D eigenvalue weighted by Crippen LogP contribution is -2.60. The minimum Gasteiger partial charge on any atom is -0.378 e. The number of carbonyl (C=O) groups is 1. The standard InChI is InChI=1S/C15H29N3O3.2ClH/c1-11-7-18(8-12(2)21-11)15(3,4)10-17-14(19)13-9-20-6-5-16-13;;/h11-13,16H,5-10H2,1-4H3,(H,17,19);2*1H. The molecule has 0 aromatic heterocycles. The molecule has 2 aliphatic heterocycles. The molecule has 138 valence electrons. The molecular formula is C15H31Cl2N3O3. The minimum absolute atomic E-state index is 0. The predicted octanol–water partition coefficient (Wildman–Crippen LogP) is 0.822. The molecule has 0 radical (unpaired) electrons. The Bertz CT molecular complexity index is 356. The van der Waals surface area contributed by atoms with Crippen molar-refractivity contribution in [2.45, 2.75) is 51.5 Å². The van der Waals surface area contributed by atoms with E-state index in [1.54, 1.807) is 0 Å². The number of hydrogen-bond donors (Lipinski definition) is 2. The largest absolute Gasteiger partial charge is 0.378 e. The lowest BCUT2D eigenvalue weighted by atomic mass is 10.00. The van der Waals surface area contributed by atoms with Crippen molar-refractivity contribution in [3.63, 3.8) is 0 Å². The molecule has 3 atom stereocenters. The third-order valence-electron chi connectivity index (χ3n) is 4.21. The van der Waals surface area contributed by atoms with Crippen LogP contribution in [-0.4, -0.2) is 74.0 Å². The number of carbonyl (C=O) groups excluding carboxylic acids is 1. The fourth-order valence-corrected chi connectivity index (χ4v) is 2.94. The summed E-state index contributed by atoms with van der Waals surface area (Å²) in [4.78, 5) is 14.6. The minimum atomic E-state index is -0.225. The van der Waals surface area contributed by atoms with Gasteiger partial charge in [-0.25, -0.2) is 0 Å². The summed E-state index contributed by atoms with van der Waals surface area (Å²) in [5, 5.41) is 6.23. The number of nitrogens with zero attached hydrogens (tertiary/aromatic N) is 1. The Morgan fingerprint density at radius 1 is 1.26 bits per heavy atom. The van der Waals surface area contributed by atoms with E-state index in [1.807, 2.05) is 0 Å². The second-order valence-corrected chi connectivity index (χ2v) is 6.77. The van der Waals surface area contributed by atoms with Crippen LogP contribution < -0.4 is 10.6 Å². The normalized spacial score (nSPS) is 29.1. The Balaban J connectivity index is 0.00000242. The van der Waals surface area contributed by atoms with Gasteiger partial charge in [0.1, 0.15) is 6.04 Å². The Kier molecular flexibility index (Phi) is 9.96. The van der Waals surface area contributed by atoms with E-state index in [2.05, 4.69) is 43.2 Å². The summed E-state index contributed by atoms with van der Waals surface area (Å²) in [5.74, 6) is 0.0251. The number of hydrogen-bond acceptors (Lipinski definition) is 5. The van der Waals surface area contributed by atoms with Crippen LogP contribution in [0.3, 0.4) is 0 Å². The van der Waals surface area contributed by atoms with Crippen LogP contribution in [0.1, 0.15) is 27.7 Å². The van der Waals surface area contributed by atoms with E-state index in [1.165, 1.54) is 0 Å². The molecule has 2 saturated heterocycles. The van der Waals surface area contributed by atoms with Crippen molar-refractivity contribution in [2.24, 2.45) is 0 Å². The van der Waals surface area contributed by atoms with Crippen LogP contribution in [0.5, 0.6) is 0 Å². The highest BCUT2D eigenvalue weighted by Gasteiger charge is 2.34. The maximum Gasteiger partial charge on any atom is 0.239 e. The highest BCUT2D eigenvalue weighted by Crippen LogP contribution is 2.20. The van der Waals surface area contributed by atoms with Gasteiger partial charge >= 0.3 is 0 Å². The van der Waals surface area contributed by atoms with Crippen LogP contribution in [0.25, 0.3) is 0 Å². The maximum absolute atomic E-state index is 12.2. The molecule has 3 unspecified atom stereocenters. The van der Waals surface area contributed by atoms with E-state index in [4.69, 9.17) is 9.47 Å². The zero-order chi connectivity index (χ0) is 15.5. The molecular weight excluding hydrogens is 341 g/mol. The monoisotopic (exact) mass is 371 g/mol. The van der Waals surface area contributed by atoms with Gasteiger partial charge in [0.15, 0.2) is 0 Å². The fraction of sp³-hybridized carbons (Fsp3) is 0.933. The van der Waals surface area contributed by atoms with Gasteiger partial charge in [-0.15, -0.1) is 24.8 Å². The molecule has 2 rings (SSSR count). The van der Waals surface area contributed by atoms with Crippen molar-refractivity contribution in [1.82, 2.24) is 15.5 Å². The zero-order valence-electron chi connectivity index (χ0n) is 14.5. The molecule has 0 aliphatic carbocycles. The molecule has 6 nitrogen and oxygen atoms in total. The first-order chi connectivity index (χ1) is 9.88. The second kappa shape index (κ2) is 10.0. The predicted molar refractivity (Wildman–Crippen MR) is 95.8 cm³/mol. The van der Waals surface area contributed by atoms with E-state index in [0.29, 0.717) is 19.8 Å². The van der Waals surface area contributed by atoms with E-state index < -0.39 is 0 Å². The average Bonchev–Trinajstić information content (AvgIpc) is 2.45. The van der Waals surface area contributed by atoms with Crippen molar-refractivity contribution in [2.75, 3.05) is 39.4 Å². The van der Waals surface area contributed by atoms with Gasteiger partial charge in [-0.05, 0) is 27.7 Å². The van der Waals surface area contributed by atoms with Gasteiger partial charge in [-0.1, -0.05) is 0 Å². The molecule has 23 heavy (non-hydrogen) atoms. The van der Waals surface area contributed by atoms with Gasteiger partial charge in [0.25, 0.3) is 0 Å². The molecule has 2 aliphatic rings. The summed E-state index contributed by atoms with van der Waals surface area (Å²) in [6, 6.07) is -0.225. The Morgan fingerprint density at radius 2 is 1.87 bits per heavy atom. The van der Waals surface area contributed by atoms with Crippen molar-refractivity contribution < 1.29 is 14.3 Å². The first kappa shape index (κ1) is 22.9. The van der Waals surface area contributed by atoms with Gasteiger partial charge in [-0.2, -0.15) is 0 Å². The zero-order valence-corrected chi connectivity index (χ0v) is 16.1. The molecule has 2 heterocycles. The van der Waals surface area contributed by atoms with Crippen LogP contribution in [0, 0.1) is 0 Å². The molecule has 0 saturated carbocycles. The number of halogens is 2. The number of morpholine rings is 2. The smallest absolute Gasteiger partial charge is 0.239 e. The SMILES string of the molecule is CC1CN(C(C)(C)CNC(=O)C2COCCN2)CC(C)O1.Cl.Cl. The number of amides is 1. The topological polar surface area (TPSA) is 62.8 Å². The summed E-state index contributed by atoms with van der Waals surface area (Å²) < 4.78 is 11.1. The lowest BCUT2D eigenvalue weighted by Gasteiger charge is -2.45. The maximum atomic E-state index is 12.2. The quantitative estimate of drug-likeness (QED) is 0.765. The van der Waals surface area contributed by atoms with Crippen molar-refractivity contribution in [1.29, 1.82) is 0 Å². The molecule has 0 bridgehead atoms. The third-order valence-corrected chi connectivity index (χ3v) is 4.21. The molecule has 1 amide bonds. The summed E-state index contributed by atoms with van der Waals surface area (Å²) >= 11 is 0. The number of rotatable bonds is 4. The fourth-order valence-electron chi connectivity index (χ4n) is 2.94. The molecule has 0 aromatic rings. The molecule has 2 fully saturated rings. The first-order valence-electron chi connectivity index (χ1n) is 7.88. The average molecular weight is 372 g/mol. The van der Waals surface area contributed by atoms with Gasteiger partial charge in [-0.3, -0.25) is 9.69 Å². The second-order valence-electron chi connectivity index (χ2n) is 6.77.